The van der Waals surface area contributed by atoms with Gasteiger partial charge in [-0.15, -0.1) is 11.8 Å². The van der Waals surface area contributed by atoms with E-state index in [0.29, 0.717) is 24.5 Å². The fraction of sp³-hybridized carbons (Fsp3) is 0.211. The van der Waals surface area contributed by atoms with Gasteiger partial charge in [-0.2, -0.15) is 5.10 Å². The van der Waals surface area contributed by atoms with Gasteiger partial charge >= 0.3 is 0 Å². The monoisotopic (exact) mass is 368 g/mol. The summed E-state index contributed by atoms with van der Waals surface area (Å²) in [5.74, 6) is 0.0295. The molecule has 0 atom stereocenters. The summed E-state index contributed by atoms with van der Waals surface area (Å²) in [5, 5.41) is 13.2. The maximum atomic E-state index is 12.2. The minimum atomic E-state index is -0.259. The van der Waals surface area contributed by atoms with Crippen LogP contribution in [0.3, 0.4) is 0 Å². The number of nitrogens with one attached hydrogen (secondary N) is 3. The number of thioether (sulfide) groups is 1. The average Bonchev–Trinajstić information content (AvgIpc) is 3.09. The third kappa shape index (κ3) is 4.64. The van der Waals surface area contributed by atoms with E-state index in [-0.39, 0.29) is 11.8 Å². The van der Waals surface area contributed by atoms with E-state index in [1.165, 1.54) is 17.3 Å². The lowest BCUT2D eigenvalue weighted by Crippen LogP contribution is -2.35. The van der Waals surface area contributed by atoms with E-state index in [1.807, 2.05) is 55.5 Å². The van der Waals surface area contributed by atoms with Crippen LogP contribution in [-0.2, 0) is 4.79 Å². The van der Waals surface area contributed by atoms with E-state index in [4.69, 9.17) is 0 Å². The van der Waals surface area contributed by atoms with E-state index in [2.05, 4.69) is 20.8 Å². The van der Waals surface area contributed by atoms with Gasteiger partial charge in [-0.1, -0.05) is 35.9 Å². The number of carbonyl (C=O) groups is 2. The van der Waals surface area contributed by atoms with Crippen molar-refractivity contribution in [2.45, 2.75) is 11.8 Å². The van der Waals surface area contributed by atoms with Crippen LogP contribution in [0.4, 0.5) is 0 Å². The van der Waals surface area contributed by atoms with E-state index < -0.39 is 0 Å². The molecular formula is C19H20N4O2S. The van der Waals surface area contributed by atoms with E-state index in [9.17, 15) is 9.59 Å². The first-order valence-corrected chi connectivity index (χ1v) is 9.29. The Morgan fingerprint density at radius 3 is 2.58 bits per heavy atom. The number of hydrogen-bond donors (Lipinski definition) is 3. The third-order valence-corrected chi connectivity index (χ3v) is 4.82. The van der Waals surface area contributed by atoms with Gasteiger partial charge in [0, 0.05) is 23.4 Å². The van der Waals surface area contributed by atoms with Gasteiger partial charge in [0.15, 0.2) is 5.69 Å². The molecule has 2 aromatic carbocycles. The van der Waals surface area contributed by atoms with Crippen LogP contribution in [0.5, 0.6) is 0 Å². The van der Waals surface area contributed by atoms with Crippen molar-refractivity contribution in [1.29, 1.82) is 0 Å². The Morgan fingerprint density at radius 2 is 1.77 bits per heavy atom. The molecule has 7 heteroatoms. The number of para-hydroxylation sites is 1. The molecule has 2 amide bonds. The van der Waals surface area contributed by atoms with Gasteiger partial charge in [0.25, 0.3) is 5.91 Å². The van der Waals surface area contributed by atoms with Crippen LogP contribution in [-0.4, -0.2) is 40.9 Å². The van der Waals surface area contributed by atoms with E-state index in [1.54, 1.807) is 0 Å². The zero-order chi connectivity index (χ0) is 18.4. The molecule has 0 fully saturated rings. The summed E-state index contributed by atoms with van der Waals surface area (Å²) in [7, 11) is 0. The fourth-order valence-electron chi connectivity index (χ4n) is 2.43. The number of rotatable bonds is 7. The van der Waals surface area contributed by atoms with Crippen molar-refractivity contribution in [2.75, 3.05) is 18.8 Å². The zero-order valence-corrected chi connectivity index (χ0v) is 15.2. The Bertz CT molecular complexity index is 905. The van der Waals surface area contributed by atoms with Crippen LogP contribution in [0.2, 0.25) is 0 Å². The average molecular weight is 368 g/mol. The van der Waals surface area contributed by atoms with Crippen LogP contribution in [0.25, 0.3) is 10.9 Å². The Morgan fingerprint density at radius 1 is 1.04 bits per heavy atom. The van der Waals surface area contributed by atoms with Crippen molar-refractivity contribution in [1.82, 2.24) is 20.8 Å². The standard InChI is InChI=1S/C19H20N4O2S/c1-13-6-8-14(9-7-13)26-12-17(24)20-10-11-21-19(25)18-15-4-2-3-5-16(15)22-23-18/h2-9H,10-12H2,1H3,(H,20,24)(H,21,25)(H,22,23). The predicted octanol–water partition coefficient (Wildman–Crippen LogP) is 2.51. The van der Waals surface area contributed by atoms with Gasteiger partial charge < -0.3 is 10.6 Å². The molecule has 1 aromatic heterocycles. The molecule has 0 aliphatic rings. The largest absolute Gasteiger partial charge is 0.354 e. The molecule has 3 N–H and O–H groups in total. The van der Waals surface area contributed by atoms with Gasteiger partial charge in [0.2, 0.25) is 5.91 Å². The minimum absolute atomic E-state index is 0.0601. The minimum Gasteiger partial charge on any atom is -0.354 e. The highest BCUT2D eigenvalue weighted by atomic mass is 32.2. The highest BCUT2D eigenvalue weighted by Crippen LogP contribution is 2.17. The summed E-state index contributed by atoms with van der Waals surface area (Å²) >= 11 is 1.49. The lowest BCUT2D eigenvalue weighted by atomic mass is 10.2. The first-order chi connectivity index (χ1) is 12.6. The number of hydrogen-bond acceptors (Lipinski definition) is 4. The summed E-state index contributed by atoms with van der Waals surface area (Å²) in [5.41, 5.74) is 2.38. The molecule has 0 unspecified atom stereocenters. The van der Waals surface area contributed by atoms with Crippen molar-refractivity contribution >= 4 is 34.5 Å². The summed E-state index contributed by atoms with van der Waals surface area (Å²) in [6.45, 7) is 2.75. The third-order valence-electron chi connectivity index (χ3n) is 3.81. The second-order valence-electron chi connectivity index (χ2n) is 5.83. The van der Waals surface area contributed by atoms with Crippen LogP contribution < -0.4 is 10.6 Å². The SMILES string of the molecule is Cc1ccc(SCC(=O)NCCNC(=O)c2n[nH]c3ccccc23)cc1. The number of amides is 2. The molecule has 0 radical (unpaired) electrons. The maximum absolute atomic E-state index is 12.2. The lowest BCUT2D eigenvalue weighted by Gasteiger charge is -2.06. The number of benzene rings is 2. The summed E-state index contributed by atoms with van der Waals surface area (Å²) in [6.07, 6.45) is 0. The van der Waals surface area contributed by atoms with Crippen LogP contribution in [0.15, 0.2) is 53.4 Å². The first-order valence-electron chi connectivity index (χ1n) is 8.31. The number of H-pyrrole nitrogens is 1. The second-order valence-corrected chi connectivity index (χ2v) is 6.87. The molecule has 0 bridgehead atoms. The van der Waals surface area contributed by atoms with Crippen molar-refractivity contribution in [3.63, 3.8) is 0 Å². The number of aromatic amines is 1. The Hall–Kier alpha value is -2.80. The molecule has 26 heavy (non-hydrogen) atoms. The van der Waals surface area contributed by atoms with Crippen molar-refractivity contribution in [2.24, 2.45) is 0 Å². The molecule has 134 valence electrons. The summed E-state index contributed by atoms with van der Waals surface area (Å²) < 4.78 is 0. The Balaban J connectivity index is 1.39. The number of nitrogens with zero attached hydrogens (tertiary/aromatic N) is 1. The van der Waals surface area contributed by atoms with Crippen molar-refractivity contribution in [3.05, 3.63) is 59.8 Å². The van der Waals surface area contributed by atoms with Crippen LogP contribution in [0, 0.1) is 6.92 Å². The smallest absolute Gasteiger partial charge is 0.272 e. The molecule has 0 saturated heterocycles. The molecule has 0 spiro atoms. The molecule has 0 saturated carbocycles. The van der Waals surface area contributed by atoms with E-state index in [0.717, 1.165) is 15.8 Å². The number of fused-ring (bicyclic) bond motifs is 1. The molecule has 1 heterocycles. The van der Waals surface area contributed by atoms with Gasteiger partial charge in [-0.3, -0.25) is 14.7 Å². The fourth-order valence-corrected chi connectivity index (χ4v) is 3.16. The quantitative estimate of drug-likeness (QED) is 0.442. The molecule has 3 rings (SSSR count). The number of aromatic nitrogens is 2. The van der Waals surface area contributed by atoms with Gasteiger partial charge in [0.1, 0.15) is 0 Å². The molecule has 0 aliphatic heterocycles. The van der Waals surface area contributed by atoms with E-state index >= 15 is 0 Å². The predicted molar refractivity (Wildman–Crippen MR) is 103 cm³/mol. The second kappa shape index (κ2) is 8.53. The maximum Gasteiger partial charge on any atom is 0.272 e. The summed E-state index contributed by atoms with van der Waals surface area (Å²) in [6, 6.07) is 15.5. The highest BCUT2D eigenvalue weighted by Gasteiger charge is 2.13. The van der Waals surface area contributed by atoms with Gasteiger partial charge in [0.05, 0.1) is 11.3 Å². The molecule has 6 nitrogen and oxygen atoms in total. The Labute approximate surface area is 155 Å². The molecule has 0 aliphatic carbocycles. The first kappa shape index (κ1) is 18.0. The van der Waals surface area contributed by atoms with Crippen LogP contribution in [0.1, 0.15) is 16.1 Å². The molecular weight excluding hydrogens is 348 g/mol. The van der Waals surface area contributed by atoms with Crippen LogP contribution >= 0.6 is 11.8 Å². The normalized spacial score (nSPS) is 10.7. The van der Waals surface area contributed by atoms with Gasteiger partial charge in [-0.05, 0) is 25.1 Å². The zero-order valence-electron chi connectivity index (χ0n) is 14.4. The Kier molecular flexibility index (Phi) is 5.91. The van der Waals surface area contributed by atoms with Gasteiger partial charge in [-0.25, -0.2) is 0 Å². The summed E-state index contributed by atoms with van der Waals surface area (Å²) in [4.78, 5) is 25.1. The highest BCUT2D eigenvalue weighted by molar-refractivity contribution is 8.00. The topological polar surface area (TPSA) is 86.9 Å². The number of aryl methyl sites for hydroxylation is 1. The van der Waals surface area contributed by atoms with Crippen molar-refractivity contribution in [3.8, 4) is 0 Å². The number of carbonyl (C=O) groups excluding carboxylic acids is 2. The lowest BCUT2D eigenvalue weighted by molar-refractivity contribution is -0.118. The van der Waals surface area contributed by atoms with Crippen molar-refractivity contribution < 1.29 is 9.59 Å². The molecule has 3 aromatic rings.